The number of nitrogens with zero attached hydrogens (tertiary/aromatic N) is 2. The van der Waals surface area contributed by atoms with Crippen molar-refractivity contribution in [2.45, 2.75) is 6.54 Å². The van der Waals surface area contributed by atoms with E-state index >= 15 is 0 Å². The molecular weight excluding hydrogens is 242 g/mol. The summed E-state index contributed by atoms with van der Waals surface area (Å²) >= 11 is 0. The minimum absolute atomic E-state index is 0.602. The maximum atomic E-state index is 5.63. The molecule has 1 aliphatic heterocycles. The van der Waals surface area contributed by atoms with Crippen molar-refractivity contribution in [2.75, 3.05) is 20.3 Å². The van der Waals surface area contributed by atoms with Crippen LogP contribution in [0.3, 0.4) is 0 Å². The average Bonchev–Trinajstić information content (AvgIpc) is 2.80. The van der Waals surface area contributed by atoms with E-state index in [1.807, 2.05) is 43.2 Å². The fourth-order valence-electron chi connectivity index (χ4n) is 2.34. The highest BCUT2D eigenvalue weighted by Gasteiger charge is 2.16. The van der Waals surface area contributed by atoms with Crippen LogP contribution < -0.4 is 14.8 Å². The van der Waals surface area contributed by atoms with Crippen LogP contribution in [-0.2, 0) is 13.6 Å². The van der Waals surface area contributed by atoms with Gasteiger partial charge in [-0.2, -0.15) is 0 Å². The second-order valence-electron chi connectivity index (χ2n) is 4.54. The number of aromatic nitrogens is 2. The Morgan fingerprint density at radius 1 is 1.26 bits per heavy atom. The number of fused-ring (bicyclic) bond motifs is 1. The van der Waals surface area contributed by atoms with Crippen molar-refractivity contribution in [3.8, 4) is 22.8 Å². The molecule has 0 radical (unpaired) electrons. The summed E-state index contributed by atoms with van der Waals surface area (Å²) in [5.74, 6) is 1.62. The van der Waals surface area contributed by atoms with E-state index in [1.165, 1.54) is 0 Å². The highest BCUT2D eigenvalue weighted by atomic mass is 16.6. The fraction of sp³-hybridized carbons (Fsp3) is 0.357. The van der Waals surface area contributed by atoms with Gasteiger partial charge in [0, 0.05) is 19.2 Å². The lowest BCUT2D eigenvalue weighted by Crippen LogP contribution is -2.15. The summed E-state index contributed by atoms with van der Waals surface area (Å²) < 4.78 is 13.2. The summed E-state index contributed by atoms with van der Waals surface area (Å²) in [6.45, 7) is 1.96. The van der Waals surface area contributed by atoms with Crippen molar-refractivity contribution in [1.29, 1.82) is 0 Å². The molecule has 19 heavy (non-hydrogen) atoms. The van der Waals surface area contributed by atoms with Crippen molar-refractivity contribution in [3.63, 3.8) is 0 Å². The van der Waals surface area contributed by atoms with Crippen LogP contribution in [0.25, 0.3) is 11.3 Å². The number of rotatable bonds is 3. The minimum Gasteiger partial charge on any atom is -0.486 e. The van der Waals surface area contributed by atoms with Crippen LogP contribution in [-0.4, -0.2) is 29.8 Å². The maximum absolute atomic E-state index is 5.63. The van der Waals surface area contributed by atoms with E-state index in [2.05, 4.69) is 10.3 Å². The molecule has 100 valence electrons. The van der Waals surface area contributed by atoms with Gasteiger partial charge in [0.2, 0.25) is 0 Å². The molecule has 0 aliphatic carbocycles. The maximum Gasteiger partial charge on any atom is 0.162 e. The van der Waals surface area contributed by atoms with Crippen molar-refractivity contribution in [1.82, 2.24) is 14.9 Å². The summed E-state index contributed by atoms with van der Waals surface area (Å²) in [5.41, 5.74) is 3.22. The van der Waals surface area contributed by atoms with Crippen molar-refractivity contribution in [2.24, 2.45) is 7.05 Å². The number of imidazole rings is 1. The number of nitrogens with one attached hydrogen (secondary N) is 1. The molecule has 0 amide bonds. The first kappa shape index (κ1) is 12.0. The number of ether oxygens (including phenoxy) is 2. The Morgan fingerprint density at radius 3 is 2.84 bits per heavy atom. The predicted octanol–water partition coefficient (Wildman–Crippen LogP) is 1.58. The third-order valence-electron chi connectivity index (χ3n) is 3.17. The molecule has 1 aromatic heterocycles. The monoisotopic (exact) mass is 259 g/mol. The lowest BCUT2D eigenvalue weighted by molar-refractivity contribution is 0.171. The second-order valence-corrected chi connectivity index (χ2v) is 4.54. The average molecular weight is 259 g/mol. The number of benzene rings is 1. The van der Waals surface area contributed by atoms with Crippen LogP contribution in [0.5, 0.6) is 11.5 Å². The molecule has 2 aromatic rings. The first-order chi connectivity index (χ1) is 9.29. The normalized spacial score (nSPS) is 13.6. The number of hydrogen-bond donors (Lipinski definition) is 1. The van der Waals surface area contributed by atoms with E-state index in [4.69, 9.17) is 9.47 Å². The molecule has 2 heterocycles. The largest absolute Gasteiger partial charge is 0.486 e. The standard InChI is InChI=1S/C14H17N3O2/c1-15-8-11-14(17(2)9-16-11)10-3-4-12-13(7-10)19-6-5-18-12/h3-4,7,9,15H,5-6,8H2,1-2H3. The van der Waals surface area contributed by atoms with Gasteiger partial charge in [-0.05, 0) is 25.2 Å². The zero-order chi connectivity index (χ0) is 13.2. The van der Waals surface area contributed by atoms with Gasteiger partial charge in [0.1, 0.15) is 13.2 Å². The molecule has 5 nitrogen and oxygen atoms in total. The van der Waals surface area contributed by atoms with Crippen LogP contribution in [0, 0.1) is 0 Å². The van der Waals surface area contributed by atoms with Crippen LogP contribution in [0.4, 0.5) is 0 Å². The quantitative estimate of drug-likeness (QED) is 0.909. The summed E-state index contributed by atoms with van der Waals surface area (Å²) in [6, 6.07) is 6.02. The third kappa shape index (κ3) is 2.17. The highest BCUT2D eigenvalue weighted by Crippen LogP contribution is 2.35. The molecule has 0 fully saturated rings. The van der Waals surface area contributed by atoms with E-state index < -0.39 is 0 Å². The third-order valence-corrected chi connectivity index (χ3v) is 3.17. The van der Waals surface area contributed by atoms with Crippen LogP contribution in [0.2, 0.25) is 0 Å². The van der Waals surface area contributed by atoms with Crippen LogP contribution in [0.15, 0.2) is 24.5 Å². The van der Waals surface area contributed by atoms with E-state index in [0.717, 1.165) is 35.0 Å². The smallest absolute Gasteiger partial charge is 0.162 e. The minimum atomic E-state index is 0.602. The highest BCUT2D eigenvalue weighted by molar-refractivity contribution is 5.66. The molecule has 5 heteroatoms. The molecule has 1 aliphatic rings. The van der Waals surface area contributed by atoms with Crippen molar-refractivity contribution < 1.29 is 9.47 Å². The second kappa shape index (κ2) is 4.93. The van der Waals surface area contributed by atoms with Gasteiger partial charge < -0.3 is 19.4 Å². The Bertz CT molecular complexity index is 592. The Hall–Kier alpha value is -2.01. The van der Waals surface area contributed by atoms with Gasteiger partial charge in [0.05, 0.1) is 17.7 Å². The molecule has 0 atom stereocenters. The summed E-state index contributed by atoms with van der Waals surface area (Å²) in [6.07, 6.45) is 1.83. The first-order valence-electron chi connectivity index (χ1n) is 6.34. The summed E-state index contributed by atoms with van der Waals surface area (Å²) in [7, 11) is 3.92. The Balaban J connectivity index is 2.04. The van der Waals surface area contributed by atoms with Gasteiger partial charge in [-0.15, -0.1) is 0 Å². The molecule has 1 N–H and O–H groups in total. The Kier molecular flexibility index (Phi) is 3.13. The SMILES string of the molecule is CNCc1ncn(C)c1-c1ccc2c(c1)OCCO2. The van der Waals surface area contributed by atoms with E-state index in [-0.39, 0.29) is 0 Å². The van der Waals surface area contributed by atoms with Crippen LogP contribution >= 0.6 is 0 Å². The zero-order valence-electron chi connectivity index (χ0n) is 11.1. The molecule has 0 saturated heterocycles. The van der Waals surface area contributed by atoms with Gasteiger partial charge in [-0.1, -0.05) is 0 Å². The Labute approximate surface area is 112 Å². The first-order valence-corrected chi connectivity index (χ1v) is 6.34. The molecule has 0 spiro atoms. The summed E-state index contributed by atoms with van der Waals surface area (Å²) in [4.78, 5) is 4.42. The molecule has 0 saturated carbocycles. The van der Waals surface area contributed by atoms with Crippen LogP contribution in [0.1, 0.15) is 5.69 Å². The predicted molar refractivity (Wildman–Crippen MR) is 72.4 cm³/mol. The number of aryl methyl sites for hydroxylation is 1. The van der Waals surface area contributed by atoms with E-state index in [0.29, 0.717) is 13.2 Å². The van der Waals surface area contributed by atoms with Gasteiger partial charge in [-0.25, -0.2) is 4.98 Å². The van der Waals surface area contributed by atoms with E-state index in [9.17, 15) is 0 Å². The Morgan fingerprint density at radius 2 is 2.05 bits per heavy atom. The van der Waals surface area contributed by atoms with Gasteiger partial charge in [0.15, 0.2) is 11.5 Å². The van der Waals surface area contributed by atoms with Gasteiger partial charge in [-0.3, -0.25) is 0 Å². The lowest BCUT2D eigenvalue weighted by Gasteiger charge is -2.19. The summed E-state index contributed by atoms with van der Waals surface area (Å²) in [5, 5.41) is 3.14. The molecule has 0 bridgehead atoms. The molecule has 0 unspecified atom stereocenters. The van der Waals surface area contributed by atoms with Gasteiger partial charge in [0.25, 0.3) is 0 Å². The fourth-order valence-corrected chi connectivity index (χ4v) is 2.34. The molecule has 1 aromatic carbocycles. The van der Waals surface area contributed by atoms with Crippen molar-refractivity contribution >= 4 is 0 Å². The van der Waals surface area contributed by atoms with Gasteiger partial charge >= 0.3 is 0 Å². The topological polar surface area (TPSA) is 48.3 Å². The molecular formula is C14H17N3O2. The number of hydrogen-bond acceptors (Lipinski definition) is 4. The van der Waals surface area contributed by atoms with Crippen molar-refractivity contribution in [3.05, 3.63) is 30.2 Å². The molecule has 3 rings (SSSR count). The van der Waals surface area contributed by atoms with E-state index in [1.54, 1.807) is 0 Å². The lowest BCUT2D eigenvalue weighted by atomic mass is 10.1. The zero-order valence-corrected chi connectivity index (χ0v) is 11.1.